The van der Waals surface area contributed by atoms with Crippen LogP contribution in [0.5, 0.6) is 0 Å². The van der Waals surface area contributed by atoms with E-state index in [9.17, 15) is 15.2 Å². The van der Waals surface area contributed by atoms with Crippen molar-refractivity contribution in [3.63, 3.8) is 0 Å². The van der Waals surface area contributed by atoms with Crippen LogP contribution in [-0.4, -0.2) is 22.7 Å². The monoisotopic (exact) mass is 344 g/mol. The van der Waals surface area contributed by atoms with Gasteiger partial charge in [-0.05, 0) is 23.5 Å². The highest BCUT2D eigenvalue weighted by Crippen LogP contribution is 2.23. The van der Waals surface area contributed by atoms with E-state index in [0.29, 0.717) is 17.6 Å². The zero-order valence-corrected chi connectivity index (χ0v) is 13.6. The van der Waals surface area contributed by atoms with Crippen molar-refractivity contribution in [2.24, 2.45) is 5.41 Å². The number of nitro groups is 1. The molecule has 0 fully saturated rings. The van der Waals surface area contributed by atoms with Crippen LogP contribution in [0.15, 0.2) is 22.7 Å². The summed E-state index contributed by atoms with van der Waals surface area (Å²) in [5.74, 6) is 0. The molecule has 1 aromatic rings. The van der Waals surface area contributed by atoms with Crippen molar-refractivity contribution in [1.82, 2.24) is 5.32 Å². The second kappa shape index (κ2) is 7.15. The summed E-state index contributed by atoms with van der Waals surface area (Å²) >= 11 is 3.32. The minimum absolute atomic E-state index is 0.0633. The number of nitrogens with zero attached hydrogens (tertiary/aromatic N) is 1. The molecule has 1 rings (SSSR count). The minimum atomic E-state index is -0.422. The summed E-state index contributed by atoms with van der Waals surface area (Å²) in [6.07, 6.45) is 0.327. The molecule has 1 atom stereocenters. The van der Waals surface area contributed by atoms with E-state index in [1.54, 1.807) is 6.07 Å². The molecule has 0 saturated carbocycles. The highest BCUT2D eigenvalue weighted by atomic mass is 79.9. The fraction of sp³-hybridized carbons (Fsp3) is 0.571. The Labute approximate surface area is 127 Å². The van der Waals surface area contributed by atoms with Gasteiger partial charge in [0.25, 0.3) is 5.69 Å². The third kappa shape index (κ3) is 5.98. The Hall–Kier alpha value is -0.980. The molecule has 0 aromatic heterocycles. The molecular formula is C14H21BrN2O3. The summed E-state index contributed by atoms with van der Waals surface area (Å²) in [6, 6.07) is 4.68. The number of rotatable bonds is 6. The van der Waals surface area contributed by atoms with Crippen LogP contribution < -0.4 is 5.32 Å². The molecule has 0 heterocycles. The Morgan fingerprint density at radius 2 is 2.10 bits per heavy atom. The van der Waals surface area contributed by atoms with Crippen molar-refractivity contribution < 1.29 is 10.0 Å². The van der Waals surface area contributed by atoms with Gasteiger partial charge in [-0.2, -0.15) is 0 Å². The fourth-order valence-electron chi connectivity index (χ4n) is 1.95. The summed E-state index contributed by atoms with van der Waals surface area (Å²) in [6.45, 7) is 7.32. The number of hydrogen-bond donors (Lipinski definition) is 2. The molecule has 0 aliphatic heterocycles. The zero-order chi connectivity index (χ0) is 15.3. The van der Waals surface area contributed by atoms with Crippen LogP contribution in [0.3, 0.4) is 0 Å². The normalized spacial score (nSPS) is 13.2. The lowest BCUT2D eigenvalue weighted by Gasteiger charge is -2.22. The highest BCUT2D eigenvalue weighted by Gasteiger charge is 2.16. The lowest BCUT2D eigenvalue weighted by atomic mass is 9.89. The average molecular weight is 345 g/mol. The first kappa shape index (κ1) is 17.1. The lowest BCUT2D eigenvalue weighted by Crippen LogP contribution is -2.29. The maximum atomic E-state index is 10.6. The molecule has 5 nitrogen and oxygen atoms in total. The van der Waals surface area contributed by atoms with Crippen LogP contribution in [0, 0.1) is 15.5 Å². The van der Waals surface area contributed by atoms with E-state index in [-0.39, 0.29) is 11.1 Å². The third-order valence-electron chi connectivity index (χ3n) is 2.79. The van der Waals surface area contributed by atoms with Gasteiger partial charge < -0.3 is 10.4 Å². The van der Waals surface area contributed by atoms with Gasteiger partial charge in [0.05, 0.1) is 11.0 Å². The molecule has 20 heavy (non-hydrogen) atoms. The maximum absolute atomic E-state index is 10.6. The molecule has 0 amide bonds. The van der Waals surface area contributed by atoms with Gasteiger partial charge >= 0.3 is 0 Å². The predicted molar refractivity (Wildman–Crippen MR) is 82.6 cm³/mol. The number of non-ortho nitro benzene ring substituents is 1. The molecule has 112 valence electrons. The van der Waals surface area contributed by atoms with E-state index in [0.717, 1.165) is 12.0 Å². The number of nitrogens with one attached hydrogen (secondary N) is 1. The van der Waals surface area contributed by atoms with Crippen LogP contribution >= 0.6 is 15.9 Å². The third-order valence-corrected chi connectivity index (χ3v) is 3.53. The van der Waals surface area contributed by atoms with Gasteiger partial charge in [-0.1, -0.05) is 36.7 Å². The summed E-state index contributed by atoms with van der Waals surface area (Å²) in [7, 11) is 0. The van der Waals surface area contributed by atoms with Crippen LogP contribution in [0.4, 0.5) is 5.69 Å². The number of halogens is 1. The molecule has 0 aliphatic carbocycles. The quantitative estimate of drug-likeness (QED) is 0.613. The SMILES string of the molecule is CC(C)(C)CC(O)CNCc1ccc([N+](=O)[O-])cc1Br. The van der Waals surface area contributed by atoms with Gasteiger partial charge in [-0.3, -0.25) is 10.1 Å². The molecule has 2 N–H and O–H groups in total. The highest BCUT2D eigenvalue weighted by molar-refractivity contribution is 9.10. The second-order valence-electron chi connectivity index (χ2n) is 6.08. The van der Waals surface area contributed by atoms with Crippen LogP contribution in [0.25, 0.3) is 0 Å². The maximum Gasteiger partial charge on any atom is 0.270 e. The molecule has 6 heteroatoms. The van der Waals surface area contributed by atoms with Crippen molar-refractivity contribution in [3.05, 3.63) is 38.3 Å². The summed E-state index contributed by atoms with van der Waals surface area (Å²) in [4.78, 5) is 10.2. The van der Waals surface area contributed by atoms with Gasteiger partial charge in [-0.15, -0.1) is 0 Å². The molecular weight excluding hydrogens is 324 g/mol. The lowest BCUT2D eigenvalue weighted by molar-refractivity contribution is -0.384. The predicted octanol–water partition coefficient (Wildman–Crippen LogP) is 3.24. The first-order valence-electron chi connectivity index (χ1n) is 6.50. The van der Waals surface area contributed by atoms with Crippen LogP contribution in [0.1, 0.15) is 32.8 Å². The van der Waals surface area contributed by atoms with Crippen molar-refractivity contribution in [2.45, 2.75) is 39.8 Å². The zero-order valence-electron chi connectivity index (χ0n) is 12.0. The van der Waals surface area contributed by atoms with E-state index in [1.807, 2.05) is 0 Å². The number of aliphatic hydroxyl groups excluding tert-OH is 1. The van der Waals surface area contributed by atoms with Crippen LogP contribution in [-0.2, 0) is 6.54 Å². The summed E-state index contributed by atoms with van der Waals surface area (Å²) in [5.41, 5.74) is 1.08. The minimum Gasteiger partial charge on any atom is -0.392 e. The largest absolute Gasteiger partial charge is 0.392 e. The summed E-state index contributed by atoms with van der Waals surface area (Å²) in [5, 5.41) is 23.7. The molecule has 0 aliphatic rings. The van der Waals surface area contributed by atoms with Crippen molar-refractivity contribution in [1.29, 1.82) is 0 Å². The Bertz CT molecular complexity index is 472. The smallest absolute Gasteiger partial charge is 0.270 e. The van der Waals surface area contributed by atoms with Crippen molar-refractivity contribution in [2.75, 3.05) is 6.54 Å². The first-order valence-corrected chi connectivity index (χ1v) is 7.30. The van der Waals surface area contributed by atoms with E-state index < -0.39 is 11.0 Å². The molecule has 0 bridgehead atoms. The van der Waals surface area contributed by atoms with Gasteiger partial charge in [0.2, 0.25) is 0 Å². The average Bonchev–Trinajstić information content (AvgIpc) is 2.28. The fourth-order valence-corrected chi connectivity index (χ4v) is 2.45. The standard InChI is InChI=1S/C14H21BrN2O3/c1-14(2,3)7-12(18)9-16-8-10-4-5-11(17(19)20)6-13(10)15/h4-6,12,16,18H,7-9H2,1-3H3. The Morgan fingerprint density at radius 3 is 2.60 bits per heavy atom. The Morgan fingerprint density at radius 1 is 1.45 bits per heavy atom. The number of benzene rings is 1. The second-order valence-corrected chi connectivity index (χ2v) is 6.94. The van der Waals surface area contributed by atoms with E-state index in [2.05, 4.69) is 42.0 Å². The Balaban J connectivity index is 2.48. The van der Waals surface area contributed by atoms with E-state index in [1.165, 1.54) is 12.1 Å². The molecule has 0 spiro atoms. The van der Waals surface area contributed by atoms with Crippen LogP contribution in [0.2, 0.25) is 0 Å². The molecule has 0 radical (unpaired) electrons. The number of aliphatic hydroxyl groups is 1. The summed E-state index contributed by atoms with van der Waals surface area (Å²) < 4.78 is 0.699. The van der Waals surface area contributed by atoms with Crippen molar-refractivity contribution >= 4 is 21.6 Å². The number of nitro benzene ring substituents is 1. The Kier molecular flexibility index (Phi) is 6.10. The molecule has 0 saturated heterocycles. The van der Waals surface area contributed by atoms with Crippen molar-refractivity contribution in [3.8, 4) is 0 Å². The topological polar surface area (TPSA) is 75.4 Å². The first-order chi connectivity index (χ1) is 9.19. The number of hydrogen-bond acceptors (Lipinski definition) is 4. The van der Waals surface area contributed by atoms with Gasteiger partial charge in [0.15, 0.2) is 0 Å². The van der Waals surface area contributed by atoms with Gasteiger partial charge in [-0.25, -0.2) is 0 Å². The van der Waals surface area contributed by atoms with Gasteiger partial charge in [0.1, 0.15) is 0 Å². The van der Waals surface area contributed by atoms with Gasteiger partial charge in [0, 0.05) is 29.7 Å². The van der Waals surface area contributed by atoms with E-state index in [4.69, 9.17) is 0 Å². The molecule has 1 unspecified atom stereocenters. The van der Waals surface area contributed by atoms with E-state index >= 15 is 0 Å². The molecule has 1 aromatic carbocycles.